The van der Waals surface area contributed by atoms with E-state index in [1.54, 1.807) is 0 Å². The highest BCUT2D eigenvalue weighted by Crippen LogP contribution is 2.00. The number of hydrogen-bond donors (Lipinski definition) is 4. The molecule has 0 aromatic carbocycles. The number of rotatable bonds is 7. The van der Waals surface area contributed by atoms with Crippen molar-refractivity contribution in [2.24, 2.45) is 0 Å². The molecule has 0 aromatic rings. The van der Waals surface area contributed by atoms with Gasteiger partial charge in [0.1, 0.15) is 6.04 Å². The number of likely N-dealkylation sites (N-methyl/N-ethyl adjacent to an activating group) is 1. The van der Waals surface area contributed by atoms with Gasteiger partial charge in [-0.2, -0.15) is 0 Å². The molecule has 0 saturated carbocycles. The van der Waals surface area contributed by atoms with Gasteiger partial charge in [0.2, 0.25) is 0 Å². The standard InChI is InChI=1S/C10H18N2O6/c1-6(13)5-12(2)10(18)11-7(9(16)17)3-4-8(14)15/h6-7,13H,3-5H2,1-2H3,(H,11,18)(H,14,15)(H,16,17)/t6?,7-/m0/s1. The number of amides is 2. The summed E-state index contributed by atoms with van der Waals surface area (Å²) in [5, 5.41) is 28.5. The van der Waals surface area contributed by atoms with Crippen LogP contribution in [0.2, 0.25) is 0 Å². The first kappa shape index (κ1) is 16.2. The van der Waals surface area contributed by atoms with Crippen molar-refractivity contribution in [3.05, 3.63) is 0 Å². The van der Waals surface area contributed by atoms with Crippen LogP contribution in [0.4, 0.5) is 4.79 Å². The minimum absolute atomic E-state index is 0.0527. The van der Waals surface area contributed by atoms with E-state index in [2.05, 4.69) is 5.32 Å². The van der Waals surface area contributed by atoms with E-state index in [0.29, 0.717) is 0 Å². The van der Waals surface area contributed by atoms with Gasteiger partial charge in [-0.3, -0.25) is 4.79 Å². The van der Waals surface area contributed by atoms with Crippen LogP contribution in [-0.2, 0) is 9.59 Å². The SMILES string of the molecule is CC(O)CN(C)C(=O)N[C@@H](CCC(=O)O)C(=O)O. The van der Waals surface area contributed by atoms with Crippen LogP contribution >= 0.6 is 0 Å². The Balaban J connectivity index is 4.35. The van der Waals surface area contributed by atoms with E-state index in [0.717, 1.165) is 4.90 Å². The molecule has 0 aliphatic carbocycles. The van der Waals surface area contributed by atoms with E-state index >= 15 is 0 Å². The first-order chi connectivity index (χ1) is 8.23. The summed E-state index contributed by atoms with van der Waals surface area (Å²) in [5.74, 6) is -2.43. The van der Waals surface area contributed by atoms with Gasteiger partial charge in [-0.25, -0.2) is 9.59 Å². The van der Waals surface area contributed by atoms with Crippen molar-refractivity contribution in [2.75, 3.05) is 13.6 Å². The van der Waals surface area contributed by atoms with Gasteiger partial charge < -0.3 is 25.5 Å². The minimum Gasteiger partial charge on any atom is -0.481 e. The lowest BCUT2D eigenvalue weighted by atomic mass is 10.1. The Labute approximate surface area is 104 Å². The predicted molar refractivity (Wildman–Crippen MR) is 61.1 cm³/mol. The van der Waals surface area contributed by atoms with Crippen LogP contribution in [0, 0.1) is 0 Å². The third kappa shape index (κ3) is 6.69. The van der Waals surface area contributed by atoms with Crippen LogP contribution in [0.25, 0.3) is 0 Å². The van der Waals surface area contributed by atoms with E-state index in [1.165, 1.54) is 14.0 Å². The molecule has 4 N–H and O–H groups in total. The number of aliphatic hydroxyl groups excluding tert-OH is 1. The lowest BCUT2D eigenvalue weighted by molar-refractivity contribution is -0.140. The molecule has 2 atom stereocenters. The zero-order valence-corrected chi connectivity index (χ0v) is 10.3. The number of carbonyl (C=O) groups is 3. The molecule has 18 heavy (non-hydrogen) atoms. The number of urea groups is 1. The molecule has 0 fully saturated rings. The van der Waals surface area contributed by atoms with E-state index in [-0.39, 0.29) is 19.4 Å². The van der Waals surface area contributed by atoms with E-state index < -0.39 is 30.1 Å². The summed E-state index contributed by atoms with van der Waals surface area (Å²) < 4.78 is 0. The second-order valence-corrected chi connectivity index (χ2v) is 4.00. The van der Waals surface area contributed by atoms with Crippen molar-refractivity contribution in [3.63, 3.8) is 0 Å². The molecule has 8 nitrogen and oxygen atoms in total. The molecule has 0 spiro atoms. The molecule has 0 saturated heterocycles. The fourth-order valence-corrected chi connectivity index (χ4v) is 1.26. The summed E-state index contributed by atoms with van der Waals surface area (Å²) in [7, 11) is 1.40. The van der Waals surface area contributed by atoms with Gasteiger partial charge >= 0.3 is 18.0 Å². The number of hydrogen-bond acceptors (Lipinski definition) is 4. The Morgan fingerprint density at radius 1 is 1.28 bits per heavy atom. The molecule has 104 valence electrons. The molecule has 0 bridgehead atoms. The molecule has 0 heterocycles. The summed E-state index contributed by atoms with van der Waals surface area (Å²) in [6.45, 7) is 1.54. The van der Waals surface area contributed by atoms with Crippen molar-refractivity contribution in [2.45, 2.75) is 31.9 Å². The van der Waals surface area contributed by atoms with E-state index in [9.17, 15) is 14.4 Å². The van der Waals surface area contributed by atoms with Crippen molar-refractivity contribution in [1.82, 2.24) is 10.2 Å². The average Bonchev–Trinajstić information content (AvgIpc) is 2.21. The van der Waals surface area contributed by atoms with Crippen LogP contribution in [0.1, 0.15) is 19.8 Å². The molecule has 0 radical (unpaired) electrons. The fraction of sp³-hybridized carbons (Fsp3) is 0.700. The highest BCUT2D eigenvalue weighted by molar-refractivity contribution is 5.82. The molecule has 1 unspecified atom stereocenters. The average molecular weight is 262 g/mol. The number of aliphatic hydroxyl groups is 1. The highest BCUT2D eigenvalue weighted by Gasteiger charge is 2.22. The third-order valence-electron chi connectivity index (χ3n) is 2.13. The number of carboxylic acid groups (broad SMARTS) is 2. The minimum atomic E-state index is -1.30. The second kappa shape index (κ2) is 7.49. The molecular weight excluding hydrogens is 244 g/mol. The van der Waals surface area contributed by atoms with Gasteiger partial charge in [-0.05, 0) is 13.3 Å². The largest absolute Gasteiger partial charge is 0.481 e. The normalized spacial score (nSPS) is 13.5. The third-order valence-corrected chi connectivity index (χ3v) is 2.13. The van der Waals surface area contributed by atoms with Crippen molar-refractivity contribution in [1.29, 1.82) is 0 Å². The maximum absolute atomic E-state index is 11.5. The first-order valence-electron chi connectivity index (χ1n) is 5.38. The number of nitrogens with zero attached hydrogens (tertiary/aromatic N) is 1. The van der Waals surface area contributed by atoms with Crippen LogP contribution in [-0.4, -0.2) is 63.9 Å². The number of carbonyl (C=O) groups excluding carboxylic acids is 1. The quantitative estimate of drug-likeness (QED) is 0.481. The molecular formula is C10H18N2O6. The summed E-state index contributed by atoms with van der Waals surface area (Å²) in [6, 6.07) is -1.93. The van der Waals surface area contributed by atoms with Crippen LogP contribution in [0.15, 0.2) is 0 Å². The summed E-state index contributed by atoms with van der Waals surface area (Å²) >= 11 is 0. The van der Waals surface area contributed by atoms with Gasteiger partial charge in [0, 0.05) is 20.0 Å². The Bertz CT molecular complexity index is 317. The van der Waals surface area contributed by atoms with Crippen molar-refractivity contribution in [3.8, 4) is 0 Å². The number of aliphatic carboxylic acids is 2. The monoisotopic (exact) mass is 262 g/mol. The molecule has 0 aromatic heterocycles. The summed E-state index contributed by atoms with van der Waals surface area (Å²) in [4.78, 5) is 33.8. The van der Waals surface area contributed by atoms with Crippen LogP contribution in [0.5, 0.6) is 0 Å². The van der Waals surface area contributed by atoms with Gasteiger partial charge in [0.15, 0.2) is 0 Å². The fourth-order valence-electron chi connectivity index (χ4n) is 1.26. The predicted octanol–water partition coefficient (Wildman–Crippen LogP) is -0.673. The maximum atomic E-state index is 11.5. The van der Waals surface area contributed by atoms with Crippen LogP contribution < -0.4 is 5.32 Å². The molecule has 0 aliphatic rings. The number of nitrogens with one attached hydrogen (secondary N) is 1. The van der Waals surface area contributed by atoms with Crippen molar-refractivity contribution >= 4 is 18.0 Å². The molecule has 8 heteroatoms. The zero-order valence-electron chi connectivity index (χ0n) is 10.3. The summed E-state index contributed by atoms with van der Waals surface area (Å²) in [5.41, 5.74) is 0. The Morgan fingerprint density at radius 3 is 2.22 bits per heavy atom. The number of carboxylic acids is 2. The molecule has 0 rings (SSSR count). The van der Waals surface area contributed by atoms with Gasteiger partial charge in [0.05, 0.1) is 6.10 Å². The van der Waals surface area contributed by atoms with E-state index in [1.807, 2.05) is 0 Å². The lowest BCUT2D eigenvalue weighted by Gasteiger charge is -2.22. The van der Waals surface area contributed by atoms with Gasteiger partial charge in [-0.15, -0.1) is 0 Å². The lowest BCUT2D eigenvalue weighted by Crippen LogP contribution is -2.48. The topological polar surface area (TPSA) is 127 Å². The highest BCUT2D eigenvalue weighted by atomic mass is 16.4. The molecule has 0 aliphatic heterocycles. The zero-order chi connectivity index (χ0) is 14.3. The Kier molecular flexibility index (Phi) is 6.73. The van der Waals surface area contributed by atoms with Crippen molar-refractivity contribution < 1.29 is 29.7 Å². The second-order valence-electron chi connectivity index (χ2n) is 4.00. The van der Waals surface area contributed by atoms with Gasteiger partial charge in [-0.1, -0.05) is 0 Å². The maximum Gasteiger partial charge on any atom is 0.326 e. The van der Waals surface area contributed by atoms with Crippen LogP contribution in [0.3, 0.4) is 0 Å². The smallest absolute Gasteiger partial charge is 0.326 e. The molecule has 2 amide bonds. The van der Waals surface area contributed by atoms with E-state index in [4.69, 9.17) is 15.3 Å². The summed E-state index contributed by atoms with van der Waals surface area (Å²) in [6.07, 6.45) is -1.28. The Hall–Kier alpha value is -1.83. The van der Waals surface area contributed by atoms with Gasteiger partial charge in [0.25, 0.3) is 0 Å². The Morgan fingerprint density at radius 2 is 1.83 bits per heavy atom. The first-order valence-corrected chi connectivity index (χ1v) is 5.38.